The normalized spacial score (nSPS) is 11.5. The summed E-state index contributed by atoms with van der Waals surface area (Å²) in [4.78, 5) is 0.299. The molecule has 3 aromatic carbocycles. The first-order valence-corrected chi connectivity index (χ1v) is 12.3. The number of aromatic nitrogens is 3. The Morgan fingerprint density at radius 3 is 2.19 bits per heavy atom. The van der Waals surface area contributed by atoms with Crippen molar-refractivity contribution in [1.82, 2.24) is 14.8 Å². The zero-order valence-corrected chi connectivity index (χ0v) is 18.2. The molecule has 1 heterocycles. The van der Waals surface area contributed by atoms with Gasteiger partial charge in [0.05, 0.1) is 22.8 Å². The molecule has 0 fully saturated rings. The van der Waals surface area contributed by atoms with Gasteiger partial charge in [-0.15, -0.1) is 10.2 Å². The van der Waals surface area contributed by atoms with Gasteiger partial charge in [-0.05, 0) is 29.8 Å². The molecular formula is C23H20FN3O2S2. The Morgan fingerprint density at radius 1 is 0.839 bits per heavy atom. The third kappa shape index (κ3) is 5.03. The minimum atomic E-state index is -3.39. The average molecular weight is 454 g/mol. The second-order valence-electron chi connectivity index (χ2n) is 6.84. The van der Waals surface area contributed by atoms with Crippen molar-refractivity contribution in [3.63, 3.8) is 0 Å². The van der Waals surface area contributed by atoms with E-state index >= 15 is 0 Å². The van der Waals surface area contributed by atoms with Crippen LogP contribution in [-0.2, 0) is 16.4 Å². The van der Waals surface area contributed by atoms with E-state index in [0.29, 0.717) is 33.7 Å². The summed E-state index contributed by atoms with van der Waals surface area (Å²) in [5, 5.41) is 9.00. The van der Waals surface area contributed by atoms with E-state index in [0.717, 1.165) is 5.56 Å². The number of hydrogen-bond acceptors (Lipinski definition) is 5. The fourth-order valence-electron chi connectivity index (χ4n) is 3.13. The molecule has 0 spiro atoms. The van der Waals surface area contributed by atoms with Gasteiger partial charge in [0.1, 0.15) is 5.82 Å². The molecule has 158 valence electrons. The second kappa shape index (κ2) is 9.45. The van der Waals surface area contributed by atoms with Crippen molar-refractivity contribution < 1.29 is 12.8 Å². The molecule has 4 rings (SSSR count). The molecular weight excluding hydrogens is 433 g/mol. The van der Waals surface area contributed by atoms with Crippen LogP contribution in [0.15, 0.2) is 95.0 Å². The number of thioether (sulfide) groups is 1. The first-order valence-electron chi connectivity index (χ1n) is 9.67. The molecule has 0 bridgehead atoms. The molecule has 0 atom stereocenters. The molecule has 0 amide bonds. The van der Waals surface area contributed by atoms with Crippen molar-refractivity contribution in [2.24, 2.45) is 0 Å². The smallest absolute Gasteiger partial charge is 0.191 e. The fourth-order valence-corrected chi connectivity index (χ4v) is 5.74. The summed E-state index contributed by atoms with van der Waals surface area (Å²) < 4.78 is 41.4. The molecule has 31 heavy (non-hydrogen) atoms. The van der Waals surface area contributed by atoms with Crippen molar-refractivity contribution in [1.29, 1.82) is 0 Å². The van der Waals surface area contributed by atoms with E-state index in [1.165, 1.54) is 17.8 Å². The number of sulfone groups is 1. The highest BCUT2D eigenvalue weighted by Gasteiger charge is 2.19. The van der Waals surface area contributed by atoms with E-state index in [2.05, 4.69) is 10.2 Å². The highest BCUT2D eigenvalue weighted by Crippen LogP contribution is 2.27. The summed E-state index contributed by atoms with van der Waals surface area (Å²) in [6.45, 7) is 0.450. The number of hydrogen-bond donors (Lipinski definition) is 0. The van der Waals surface area contributed by atoms with Gasteiger partial charge in [-0.25, -0.2) is 12.8 Å². The molecule has 0 radical (unpaired) electrons. The summed E-state index contributed by atoms with van der Waals surface area (Å²) in [5.74, 6) is 0.304. The zero-order chi connectivity index (χ0) is 21.7. The van der Waals surface area contributed by atoms with Gasteiger partial charge in [-0.1, -0.05) is 72.4 Å². The Hall–Kier alpha value is -2.97. The van der Waals surface area contributed by atoms with Crippen molar-refractivity contribution in [2.45, 2.75) is 16.6 Å². The lowest BCUT2D eigenvalue weighted by Crippen LogP contribution is -2.10. The lowest BCUT2D eigenvalue weighted by atomic mass is 10.2. The van der Waals surface area contributed by atoms with Gasteiger partial charge in [0, 0.05) is 5.75 Å². The first-order chi connectivity index (χ1) is 15.0. The SMILES string of the molecule is O=S(=O)(CCSc1nnc(-c2ccccc2F)n1Cc1ccccc1)c1ccccc1. The predicted octanol–water partition coefficient (Wildman–Crippen LogP) is 4.70. The number of nitrogens with zero attached hydrogens (tertiary/aromatic N) is 3. The quantitative estimate of drug-likeness (QED) is 0.362. The molecule has 8 heteroatoms. The van der Waals surface area contributed by atoms with Gasteiger partial charge in [0.25, 0.3) is 0 Å². The van der Waals surface area contributed by atoms with Crippen LogP contribution in [0.5, 0.6) is 0 Å². The van der Waals surface area contributed by atoms with Crippen LogP contribution in [0.4, 0.5) is 4.39 Å². The monoisotopic (exact) mass is 453 g/mol. The summed E-state index contributed by atoms with van der Waals surface area (Å²) in [6, 6.07) is 24.5. The molecule has 0 aliphatic carbocycles. The van der Waals surface area contributed by atoms with Crippen LogP contribution in [0.25, 0.3) is 11.4 Å². The maximum Gasteiger partial charge on any atom is 0.191 e. The second-order valence-corrected chi connectivity index (χ2v) is 10.0. The minimum absolute atomic E-state index is 0.0328. The maximum atomic E-state index is 14.4. The Labute approximate surface area is 184 Å². The van der Waals surface area contributed by atoms with Gasteiger partial charge < -0.3 is 0 Å². The van der Waals surface area contributed by atoms with Crippen LogP contribution in [0, 0.1) is 5.82 Å². The van der Waals surface area contributed by atoms with Crippen LogP contribution in [0.2, 0.25) is 0 Å². The van der Waals surface area contributed by atoms with E-state index in [1.54, 1.807) is 48.5 Å². The maximum absolute atomic E-state index is 14.4. The van der Waals surface area contributed by atoms with Crippen LogP contribution in [0.3, 0.4) is 0 Å². The molecule has 1 aromatic heterocycles. The molecule has 0 N–H and O–H groups in total. The molecule has 5 nitrogen and oxygen atoms in total. The Balaban J connectivity index is 1.59. The number of rotatable bonds is 8. The van der Waals surface area contributed by atoms with Crippen LogP contribution in [0.1, 0.15) is 5.56 Å². The highest BCUT2D eigenvalue weighted by molar-refractivity contribution is 8.00. The Kier molecular flexibility index (Phi) is 6.48. The van der Waals surface area contributed by atoms with Crippen molar-refractivity contribution in [2.75, 3.05) is 11.5 Å². The Morgan fingerprint density at radius 2 is 1.48 bits per heavy atom. The molecule has 0 saturated carbocycles. The summed E-state index contributed by atoms with van der Waals surface area (Å²) in [7, 11) is -3.39. The van der Waals surface area contributed by atoms with Crippen LogP contribution in [-0.4, -0.2) is 34.7 Å². The number of halogens is 1. The molecule has 4 aromatic rings. The highest BCUT2D eigenvalue weighted by atomic mass is 32.2. The average Bonchev–Trinajstić information content (AvgIpc) is 3.17. The Bertz CT molecular complexity index is 1260. The van der Waals surface area contributed by atoms with Gasteiger partial charge in [-0.3, -0.25) is 4.57 Å². The summed E-state index contributed by atoms with van der Waals surface area (Å²) in [5.41, 5.74) is 1.37. The largest absolute Gasteiger partial charge is 0.297 e. The van der Waals surface area contributed by atoms with Crippen LogP contribution < -0.4 is 0 Å². The van der Waals surface area contributed by atoms with Crippen LogP contribution >= 0.6 is 11.8 Å². The van der Waals surface area contributed by atoms with E-state index in [-0.39, 0.29) is 11.6 Å². The zero-order valence-electron chi connectivity index (χ0n) is 16.6. The van der Waals surface area contributed by atoms with Crippen molar-refractivity contribution in [3.05, 3.63) is 96.3 Å². The predicted molar refractivity (Wildman–Crippen MR) is 120 cm³/mol. The molecule has 0 aliphatic heterocycles. The standard InChI is InChI=1S/C23H20FN3O2S2/c24-21-14-8-7-13-20(21)22-25-26-23(27(22)17-18-9-3-1-4-10-18)30-15-16-31(28,29)19-11-5-2-6-12-19/h1-14H,15-17H2. The lowest BCUT2D eigenvalue weighted by Gasteiger charge is -2.11. The first kappa shape index (κ1) is 21.3. The van der Waals surface area contributed by atoms with Crippen molar-refractivity contribution in [3.8, 4) is 11.4 Å². The van der Waals surface area contributed by atoms with Crippen molar-refractivity contribution >= 4 is 21.6 Å². The van der Waals surface area contributed by atoms with E-state index in [9.17, 15) is 12.8 Å². The molecule has 0 aliphatic rings. The summed E-state index contributed by atoms with van der Waals surface area (Å²) >= 11 is 1.30. The third-order valence-corrected chi connectivity index (χ3v) is 7.66. The van der Waals surface area contributed by atoms with E-state index in [4.69, 9.17) is 0 Å². The molecule has 0 saturated heterocycles. The molecule has 0 unspecified atom stereocenters. The van der Waals surface area contributed by atoms with Gasteiger partial charge >= 0.3 is 0 Å². The fraction of sp³-hybridized carbons (Fsp3) is 0.130. The van der Waals surface area contributed by atoms with Gasteiger partial charge in [-0.2, -0.15) is 0 Å². The van der Waals surface area contributed by atoms with Gasteiger partial charge in [0.15, 0.2) is 20.8 Å². The lowest BCUT2D eigenvalue weighted by molar-refractivity contribution is 0.597. The van der Waals surface area contributed by atoms with E-state index in [1.807, 2.05) is 34.9 Å². The van der Waals surface area contributed by atoms with E-state index < -0.39 is 9.84 Å². The number of benzene rings is 3. The topological polar surface area (TPSA) is 64.8 Å². The third-order valence-electron chi connectivity index (χ3n) is 4.70. The van der Waals surface area contributed by atoms with Gasteiger partial charge in [0.2, 0.25) is 0 Å². The minimum Gasteiger partial charge on any atom is -0.297 e. The summed E-state index contributed by atoms with van der Waals surface area (Å²) in [6.07, 6.45) is 0.